The number of rotatable bonds is 2. The molecule has 0 heterocycles. The fourth-order valence-corrected chi connectivity index (χ4v) is 2.95. The van der Waals surface area contributed by atoms with Gasteiger partial charge < -0.3 is 10.0 Å². The number of phenols is 1. The Morgan fingerprint density at radius 1 is 1.33 bits per heavy atom. The second kappa shape index (κ2) is 5.61. The SMILES string of the molecule is CN(C(=O)c1ccccc1O)C1CCCCC1Cl. The molecule has 1 saturated carbocycles. The lowest BCUT2D eigenvalue weighted by atomic mass is 9.93. The highest BCUT2D eigenvalue weighted by Crippen LogP contribution is 2.28. The fraction of sp³-hybridized carbons (Fsp3) is 0.500. The molecule has 0 radical (unpaired) electrons. The average molecular weight is 268 g/mol. The van der Waals surface area contributed by atoms with Gasteiger partial charge in [-0.05, 0) is 25.0 Å². The van der Waals surface area contributed by atoms with Crippen LogP contribution in [-0.2, 0) is 0 Å². The molecule has 0 aromatic heterocycles. The quantitative estimate of drug-likeness (QED) is 0.837. The van der Waals surface area contributed by atoms with E-state index >= 15 is 0 Å². The van der Waals surface area contributed by atoms with Gasteiger partial charge in [-0.1, -0.05) is 25.0 Å². The zero-order valence-electron chi connectivity index (χ0n) is 10.5. The van der Waals surface area contributed by atoms with Crippen molar-refractivity contribution >= 4 is 17.5 Å². The molecule has 98 valence electrons. The van der Waals surface area contributed by atoms with Gasteiger partial charge in [0.1, 0.15) is 5.75 Å². The molecule has 1 fully saturated rings. The molecule has 2 atom stereocenters. The van der Waals surface area contributed by atoms with Gasteiger partial charge in [-0.25, -0.2) is 0 Å². The van der Waals surface area contributed by atoms with Crippen molar-refractivity contribution in [1.29, 1.82) is 0 Å². The van der Waals surface area contributed by atoms with Gasteiger partial charge >= 0.3 is 0 Å². The summed E-state index contributed by atoms with van der Waals surface area (Å²) in [7, 11) is 1.76. The van der Waals surface area contributed by atoms with Crippen LogP contribution in [0.15, 0.2) is 24.3 Å². The first kappa shape index (κ1) is 13.2. The van der Waals surface area contributed by atoms with Gasteiger partial charge in [-0.2, -0.15) is 0 Å². The minimum atomic E-state index is -0.161. The summed E-state index contributed by atoms with van der Waals surface area (Å²) in [6.45, 7) is 0. The van der Waals surface area contributed by atoms with Gasteiger partial charge in [0.15, 0.2) is 0 Å². The minimum Gasteiger partial charge on any atom is -0.507 e. The molecule has 2 rings (SSSR count). The van der Waals surface area contributed by atoms with Crippen LogP contribution in [0, 0.1) is 0 Å². The van der Waals surface area contributed by atoms with E-state index in [0.717, 1.165) is 25.7 Å². The molecular weight excluding hydrogens is 250 g/mol. The third-order valence-electron chi connectivity index (χ3n) is 3.60. The third-order valence-corrected chi connectivity index (χ3v) is 4.11. The minimum absolute atomic E-state index is 0.0126. The molecule has 1 amide bonds. The van der Waals surface area contributed by atoms with Gasteiger partial charge in [0.25, 0.3) is 5.91 Å². The number of carbonyl (C=O) groups excluding carboxylic acids is 1. The number of benzene rings is 1. The van der Waals surface area contributed by atoms with Crippen LogP contribution in [-0.4, -0.2) is 34.4 Å². The van der Waals surface area contributed by atoms with Crippen molar-refractivity contribution in [3.8, 4) is 5.75 Å². The van der Waals surface area contributed by atoms with Crippen LogP contribution in [0.4, 0.5) is 0 Å². The number of alkyl halides is 1. The third kappa shape index (κ3) is 2.61. The number of aromatic hydroxyl groups is 1. The highest BCUT2D eigenvalue weighted by molar-refractivity contribution is 6.21. The van der Waals surface area contributed by atoms with Crippen LogP contribution in [0.25, 0.3) is 0 Å². The van der Waals surface area contributed by atoms with Crippen LogP contribution < -0.4 is 0 Å². The van der Waals surface area contributed by atoms with E-state index in [4.69, 9.17) is 11.6 Å². The first-order valence-electron chi connectivity index (χ1n) is 6.30. The Morgan fingerprint density at radius 3 is 2.67 bits per heavy atom. The number of phenolic OH excluding ortho intramolecular Hbond substituents is 1. The lowest BCUT2D eigenvalue weighted by Crippen LogP contribution is -2.44. The van der Waals surface area contributed by atoms with Crippen LogP contribution in [0.1, 0.15) is 36.0 Å². The predicted molar refractivity (Wildman–Crippen MR) is 72.1 cm³/mol. The van der Waals surface area contributed by atoms with Crippen molar-refractivity contribution in [3.05, 3.63) is 29.8 Å². The first-order chi connectivity index (χ1) is 8.61. The van der Waals surface area contributed by atoms with Crippen molar-refractivity contribution < 1.29 is 9.90 Å². The van der Waals surface area contributed by atoms with E-state index in [2.05, 4.69) is 0 Å². The van der Waals surface area contributed by atoms with Crippen LogP contribution in [0.5, 0.6) is 5.75 Å². The number of hydrogen-bond donors (Lipinski definition) is 1. The number of halogens is 1. The standard InChI is InChI=1S/C14H18ClNO2/c1-16(12-8-4-3-7-11(12)15)14(18)10-6-2-5-9-13(10)17/h2,5-6,9,11-12,17H,3-4,7-8H2,1H3. The maximum atomic E-state index is 12.3. The second-order valence-electron chi connectivity index (χ2n) is 4.80. The molecule has 18 heavy (non-hydrogen) atoms. The van der Waals surface area contributed by atoms with E-state index in [1.165, 1.54) is 6.07 Å². The molecule has 1 aromatic rings. The molecule has 1 aliphatic carbocycles. The lowest BCUT2D eigenvalue weighted by Gasteiger charge is -2.35. The molecular formula is C14H18ClNO2. The molecule has 1 N–H and O–H groups in total. The van der Waals surface area contributed by atoms with E-state index in [-0.39, 0.29) is 23.1 Å². The lowest BCUT2D eigenvalue weighted by molar-refractivity contribution is 0.0697. The molecule has 2 unspecified atom stereocenters. The van der Waals surface area contributed by atoms with Crippen LogP contribution in [0.2, 0.25) is 0 Å². The number of hydrogen-bond acceptors (Lipinski definition) is 2. The average Bonchev–Trinajstić information content (AvgIpc) is 2.38. The Morgan fingerprint density at radius 2 is 2.00 bits per heavy atom. The summed E-state index contributed by atoms with van der Waals surface area (Å²) in [5, 5.41) is 9.73. The van der Waals surface area contributed by atoms with Crippen molar-refractivity contribution in [1.82, 2.24) is 4.90 Å². The summed E-state index contributed by atoms with van der Waals surface area (Å²) in [6.07, 6.45) is 4.12. The summed E-state index contributed by atoms with van der Waals surface area (Å²) >= 11 is 6.29. The van der Waals surface area contributed by atoms with Gasteiger partial charge in [0, 0.05) is 13.1 Å². The molecule has 1 aliphatic rings. The van der Waals surface area contributed by atoms with Crippen molar-refractivity contribution in [2.75, 3.05) is 7.05 Å². The smallest absolute Gasteiger partial charge is 0.257 e. The van der Waals surface area contributed by atoms with E-state index in [9.17, 15) is 9.90 Å². The Hall–Kier alpha value is -1.22. The number of para-hydroxylation sites is 1. The number of carbonyl (C=O) groups is 1. The normalized spacial score (nSPS) is 23.7. The van der Waals surface area contributed by atoms with Gasteiger partial charge in [-0.3, -0.25) is 4.79 Å². The van der Waals surface area contributed by atoms with Gasteiger partial charge in [-0.15, -0.1) is 11.6 Å². The second-order valence-corrected chi connectivity index (χ2v) is 5.36. The molecule has 0 spiro atoms. The van der Waals surface area contributed by atoms with Crippen molar-refractivity contribution in [2.45, 2.75) is 37.1 Å². The first-order valence-corrected chi connectivity index (χ1v) is 6.74. The summed E-state index contributed by atoms with van der Waals surface area (Å²) < 4.78 is 0. The van der Waals surface area contributed by atoms with Crippen LogP contribution in [0.3, 0.4) is 0 Å². The predicted octanol–water partition coefficient (Wildman–Crippen LogP) is 3.01. The molecule has 1 aromatic carbocycles. The highest BCUT2D eigenvalue weighted by Gasteiger charge is 2.30. The Bertz CT molecular complexity index is 436. The van der Waals surface area contributed by atoms with Crippen LogP contribution >= 0.6 is 11.6 Å². The topological polar surface area (TPSA) is 40.5 Å². The summed E-state index contributed by atoms with van der Waals surface area (Å²) in [5.74, 6) is -0.137. The molecule has 0 aliphatic heterocycles. The maximum Gasteiger partial charge on any atom is 0.257 e. The zero-order chi connectivity index (χ0) is 13.1. The maximum absolute atomic E-state index is 12.3. The van der Waals surface area contributed by atoms with Crippen molar-refractivity contribution in [2.24, 2.45) is 0 Å². The Labute approximate surface area is 112 Å². The van der Waals surface area contributed by atoms with Crippen molar-refractivity contribution in [3.63, 3.8) is 0 Å². The van der Waals surface area contributed by atoms with Gasteiger partial charge in [0.2, 0.25) is 0 Å². The molecule has 3 nitrogen and oxygen atoms in total. The Kier molecular flexibility index (Phi) is 4.12. The largest absolute Gasteiger partial charge is 0.507 e. The Balaban J connectivity index is 2.16. The zero-order valence-corrected chi connectivity index (χ0v) is 11.2. The number of amides is 1. The summed E-state index contributed by atoms with van der Waals surface area (Å²) in [5.41, 5.74) is 0.342. The van der Waals surface area contributed by atoms with E-state index in [1.54, 1.807) is 30.1 Å². The van der Waals surface area contributed by atoms with Gasteiger partial charge in [0.05, 0.1) is 10.9 Å². The van der Waals surface area contributed by atoms with E-state index in [0.29, 0.717) is 5.56 Å². The van der Waals surface area contributed by atoms with E-state index < -0.39 is 0 Å². The van der Waals surface area contributed by atoms with E-state index in [1.807, 2.05) is 0 Å². The monoisotopic (exact) mass is 267 g/mol. The summed E-state index contributed by atoms with van der Waals surface area (Å²) in [6, 6.07) is 6.68. The molecule has 0 bridgehead atoms. The highest BCUT2D eigenvalue weighted by atomic mass is 35.5. The number of nitrogens with zero attached hydrogens (tertiary/aromatic N) is 1. The summed E-state index contributed by atoms with van der Waals surface area (Å²) in [4.78, 5) is 14.0. The molecule has 4 heteroatoms. The fourth-order valence-electron chi connectivity index (χ4n) is 2.50. The molecule has 0 saturated heterocycles.